The zero-order valence-electron chi connectivity index (χ0n) is 8.17. The van der Waals surface area contributed by atoms with Crippen LogP contribution in [0.4, 0.5) is 10.1 Å². The summed E-state index contributed by atoms with van der Waals surface area (Å²) in [6.07, 6.45) is -0.757. The van der Waals surface area contributed by atoms with Crippen LogP contribution in [0.5, 0.6) is 0 Å². The lowest BCUT2D eigenvalue weighted by atomic mass is 10.2. The molecule has 0 spiro atoms. The normalized spacial score (nSPS) is 11.9. The Morgan fingerprint density at radius 3 is 2.81 bits per heavy atom. The zero-order chi connectivity index (χ0) is 12.1. The van der Waals surface area contributed by atoms with Crippen molar-refractivity contribution < 1.29 is 9.50 Å². The maximum absolute atomic E-state index is 13.4. The summed E-state index contributed by atoms with van der Waals surface area (Å²) in [7, 11) is 0. The van der Waals surface area contributed by atoms with Crippen LogP contribution in [0, 0.1) is 17.1 Å². The summed E-state index contributed by atoms with van der Waals surface area (Å²) in [6.45, 7) is 0.138. The van der Waals surface area contributed by atoms with Crippen LogP contribution < -0.4 is 5.32 Å². The van der Waals surface area contributed by atoms with Gasteiger partial charge in [-0.1, -0.05) is 11.6 Å². The first kappa shape index (κ1) is 13.0. The van der Waals surface area contributed by atoms with Gasteiger partial charge in [0.1, 0.15) is 11.6 Å². The van der Waals surface area contributed by atoms with Crippen molar-refractivity contribution in [2.45, 2.75) is 6.10 Å². The first-order valence-electron chi connectivity index (χ1n) is 4.46. The summed E-state index contributed by atoms with van der Waals surface area (Å²) < 4.78 is 13.4. The Labute approximate surface area is 102 Å². The predicted octanol–water partition coefficient (Wildman–Crippen LogP) is 2.36. The SMILES string of the molecule is N#Cc1c(NCC(O)CCl)ccc(Cl)c1F. The van der Waals surface area contributed by atoms with Gasteiger partial charge in [-0.3, -0.25) is 0 Å². The molecule has 0 amide bonds. The van der Waals surface area contributed by atoms with Crippen molar-refractivity contribution in [1.82, 2.24) is 0 Å². The van der Waals surface area contributed by atoms with Gasteiger partial charge < -0.3 is 10.4 Å². The van der Waals surface area contributed by atoms with Gasteiger partial charge in [-0.05, 0) is 12.1 Å². The lowest BCUT2D eigenvalue weighted by Crippen LogP contribution is -2.21. The summed E-state index contributed by atoms with van der Waals surface area (Å²) >= 11 is 10.9. The third kappa shape index (κ3) is 2.99. The molecule has 1 rings (SSSR count). The molecule has 0 bridgehead atoms. The molecule has 0 saturated heterocycles. The molecular formula is C10H9Cl2FN2O. The summed E-state index contributed by atoms with van der Waals surface area (Å²) in [5.41, 5.74) is 0.114. The molecule has 1 unspecified atom stereocenters. The number of nitrogens with one attached hydrogen (secondary N) is 1. The van der Waals surface area contributed by atoms with Crippen molar-refractivity contribution in [3.63, 3.8) is 0 Å². The minimum atomic E-state index is -0.769. The Morgan fingerprint density at radius 1 is 1.56 bits per heavy atom. The summed E-state index contributed by atoms with van der Waals surface area (Å²) in [6, 6.07) is 4.53. The third-order valence-electron chi connectivity index (χ3n) is 1.91. The van der Waals surface area contributed by atoms with Gasteiger partial charge >= 0.3 is 0 Å². The number of aliphatic hydroxyl groups excluding tert-OH is 1. The van der Waals surface area contributed by atoms with Gasteiger partial charge in [0.25, 0.3) is 0 Å². The smallest absolute Gasteiger partial charge is 0.161 e. The minimum Gasteiger partial charge on any atom is -0.390 e. The second-order valence-electron chi connectivity index (χ2n) is 3.08. The van der Waals surface area contributed by atoms with Crippen molar-refractivity contribution in [3.05, 3.63) is 28.5 Å². The lowest BCUT2D eigenvalue weighted by molar-refractivity contribution is 0.211. The highest BCUT2D eigenvalue weighted by Crippen LogP contribution is 2.24. The number of hydrogen-bond acceptors (Lipinski definition) is 3. The van der Waals surface area contributed by atoms with Crippen LogP contribution in [-0.2, 0) is 0 Å². The third-order valence-corrected chi connectivity index (χ3v) is 2.56. The monoisotopic (exact) mass is 262 g/mol. The fourth-order valence-corrected chi connectivity index (χ4v) is 1.36. The van der Waals surface area contributed by atoms with Crippen molar-refractivity contribution in [3.8, 4) is 6.07 Å². The number of alkyl halides is 1. The van der Waals surface area contributed by atoms with Crippen LogP contribution in [0.15, 0.2) is 12.1 Å². The van der Waals surface area contributed by atoms with Crippen LogP contribution in [0.1, 0.15) is 5.56 Å². The van der Waals surface area contributed by atoms with Crippen molar-refractivity contribution in [1.29, 1.82) is 5.26 Å². The average molecular weight is 263 g/mol. The average Bonchev–Trinajstić information content (AvgIpc) is 2.30. The standard InChI is InChI=1S/C10H9Cl2FN2O/c11-3-6(16)5-15-9-2-1-8(12)10(13)7(9)4-14/h1-2,6,15-16H,3,5H2. The molecule has 0 heterocycles. The number of nitrogens with zero attached hydrogens (tertiary/aromatic N) is 1. The van der Waals surface area contributed by atoms with Gasteiger partial charge in [0.05, 0.1) is 22.7 Å². The van der Waals surface area contributed by atoms with E-state index in [4.69, 9.17) is 28.5 Å². The van der Waals surface area contributed by atoms with Crippen LogP contribution in [0.3, 0.4) is 0 Å². The second kappa shape index (κ2) is 5.90. The first-order valence-corrected chi connectivity index (χ1v) is 5.37. The first-order chi connectivity index (χ1) is 7.60. The van der Waals surface area contributed by atoms with E-state index in [9.17, 15) is 9.50 Å². The maximum atomic E-state index is 13.4. The predicted molar refractivity (Wildman–Crippen MR) is 61.3 cm³/mol. The van der Waals surface area contributed by atoms with E-state index in [1.165, 1.54) is 12.1 Å². The molecule has 0 fully saturated rings. The molecule has 0 aliphatic carbocycles. The fraction of sp³-hybridized carbons (Fsp3) is 0.300. The molecule has 0 aromatic heterocycles. The Balaban J connectivity index is 2.89. The number of hydrogen-bond donors (Lipinski definition) is 2. The van der Waals surface area contributed by atoms with Gasteiger partial charge in [-0.2, -0.15) is 5.26 Å². The molecule has 0 aliphatic heterocycles. The molecule has 86 valence electrons. The number of aliphatic hydroxyl groups is 1. The van der Waals surface area contributed by atoms with E-state index in [0.717, 1.165) is 0 Å². The highest BCUT2D eigenvalue weighted by Gasteiger charge is 2.12. The van der Waals surface area contributed by atoms with Crippen LogP contribution in [0.25, 0.3) is 0 Å². The molecule has 0 saturated carbocycles. The summed E-state index contributed by atoms with van der Waals surface area (Å²) in [5.74, 6) is -0.708. The van der Waals surface area contributed by atoms with E-state index in [-0.39, 0.29) is 28.7 Å². The molecule has 1 aromatic rings. The molecular weight excluding hydrogens is 254 g/mol. The Kier molecular flexibility index (Phi) is 4.81. The molecule has 1 atom stereocenters. The van der Waals surface area contributed by atoms with E-state index in [2.05, 4.69) is 5.32 Å². The van der Waals surface area contributed by atoms with Crippen molar-refractivity contribution >= 4 is 28.9 Å². The van der Waals surface area contributed by atoms with E-state index in [1.54, 1.807) is 6.07 Å². The maximum Gasteiger partial charge on any atom is 0.161 e. The van der Waals surface area contributed by atoms with E-state index in [0.29, 0.717) is 0 Å². The summed E-state index contributed by atoms with van der Waals surface area (Å²) in [5, 5.41) is 20.6. The molecule has 0 aliphatic rings. The topological polar surface area (TPSA) is 56.0 Å². The fourth-order valence-electron chi connectivity index (χ4n) is 1.09. The number of halogens is 3. The number of benzene rings is 1. The van der Waals surface area contributed by atoms with E-state index in [1.807, 2.05) is 0 Å². The van der Waals surface area contributed by atoms with Crippen LogP contribution in [-0.4, -0.2) is 23.6 Å². The molecule has 16 heavy (non-hydrogen) atoms. The minimum absolute atomic E-state index is 0.0605. The van der Waals surface area contributed by atoms with Gasteiger partial charge in [-0.25, -0.2) is 4.39 Å². The second-order valence-corrected chi connectivity index (χ2v) is 3.80. The van der Waals surface area contributed by atoms with E-state index >= 15 is 0 Å². The Hall–Kier alpha value is -1.02. The Bertz CT molecular complexity index is 420. The van der Waals surface area contributed by atoms with Gasteiger partial charge in [0, 0.05) is 6.54 Å². The van der Waals surface area contributed by atoms with Crippen LogP contribution in [0.2, 0.25) is 5.02 Å². The molecule has 1 aromatic carbocycles. The number of rotatable bonds is 4. The van der Waals surface area contributed by atoms with Crippen molar-refractivity contribution in [2.24, 2.45) is 0 Å². The highest BCUT2D eigenvalue weighted by atomic mass is 35.5. The quantitative estimate of drug-likeness (QED) is 0.820. The lowest BCUT2D eigenvalue weighted by Gasteiger charge is -2.11. The number of nitriles is 1. The van der Waals surface area contributed by atoms with Gasteiger partial charge in [-0.15, -0.1) is 11.6 Å². The molecule has 3 nitrogen and oxygen atoms in total. The van der Waals surface area contributed by atoms with Crippen LogP contribution >= 0.6 is 23.2 Å². The molecule has 2 N–H and O–H groups in total. The van der Waals surface area contributed by atoms with Crippen molar-refractivity contribution in [2.75, 3.05) is 17.7 Å². The highest BCUT2D eigenvalue weighted by molar-refractivity contribution is 6.31. The zero-order valence-corrected chi connectivity index (χ0v) is 9.69. The summed E-state index contributed by atoms with van der Waals surface area (Å²) in [4.78, 5) is 0. The molecule has 0 radical (unpaired) electrons. The Morgan fingerprint density at radius 2 is 2.25 bits per heavy atom. The van der Waals surface area contributed by atoms with E-state index < -0.39 is 11.9 Å². The molecule has 6 heteroatoms. The largest absolute Gasteiger partial charge is 0.390 e. The van der Waals surface area contributed by atoms with Gasteiger partial charge in [0.2, 0.25) is 0 Å². The van der Waals surface area contributed by atoms with Gasteiger partial charge in [0.15, 0.2) is 5.82 Å². The number of anilines is 1.